The van der Waals surface area contributed by atoms with Crippen LogP contribution in [0.5, 0.6) is 0 Å². The van der Waals surface area contributed by atoms with Crippen LogP contribution in [0.4, 0.5) is 35.3 Å². The van der Waals surface area contributed by atoms with Crippen molar-refractivity contribution in [3.63, 3.8) is 0 Å². The molecule has 0 aliphatic heterocycles. The van der Waals surface area contributed by atoms with Gasteiger partial charge >= 0.3 is 12.2 Å². The molecule has 0 saturated heterocycles. The SMILES string of the molecule is CC(C)(C)c1cc(NC(=O)Nc2ccc(-n3cnc4c(N)ncnc43)cc2)n(-c2ccc(C(F)(F)F)cc2)n1. The zero-order valence-electron chi connectivity index (χ0n) is 21.2. The van der Waals surface area contributed by atoms with Gasteiger partial charge in [-0.25, -0.2) is 24.4 Å². The van der Waals surface area contributed by atoms with Crippen molar-refractivity contribution in [1.29, 1.82) is 0 Å². The number of anilines is 3. The monoisotopic (exact) mass is 535 g/mol. The van der Waals surface area contributed by atoms with Crippen molar-refractivity contribution in [1.82, 2.24) is 29.3 Å². The number of imidazole rings is 1. The molecule has 2 amide bonds. The lowest BCUT2D eigenvalue weighted by molar-refractivity contribution is -0.137. The van der Waals surface area contributed by atoms with Crippen molar-refractivity contribution in [3.05, 3.63) is 78.5 Å². The minimum absolute atomic E-state index is 0.277. The number of fused-ring (bicyclic) bond motifs is 1. The molecule has 0 aliphatic rings. The van der Waals surface area contributed by atoms with Gasteiger partial charge in [-0.05, 0) is 48.5 Å². The van der Waals surface area contributed by atoms with Crippen LogP contribution in [0.3, 0.4) is 0 Å². The topological polar surface area (TPSA) is 129 Å². The molecule has 5 aromatic rings. The van der Waals surface area contributed by atoms with Crippen molar-refractivity contribution < 1.29 is 18.0 Å². The minimum Gasteiger partial charge on any atom is -0.382 e. The average molecular weight is 536 g/mol. The first-order valence-corrected chi connectivity index (χ1v) is 11.8. The molecule has 5 rings (SSSR count). The van der Waals surface area contributed by atoms with Gasteiger partial charge in [-0.2, -0.15) is 18.3 Å². The number of carbonyl (C=O) groups excluding carboxylic acids is 1. The van der Waals surface area contributed by atoms with E-state index in [-0.39, 0.29) is 11.2 Å². The average Bonchev–Trinajstić information content (AvgIpc) is 3.50. The summed E-state index contributed by atoms with van der Waals surface area (Å²) >= 11 is 0. The number of aromatic nitrogens is 6. The molecule has 0 atom stereocenters. The zero-order valence-corrected chi connectivity index (χ0v) is 21.2. The number of carbonyl (C=O) groups is 1. The van der Waals surface area contributed by atoms with Crippen molar-refractivity contribution in [2.75, 3.05) is 16.4 Å². The molecule has 0 fully saturated rings. The highest BCUT2D eigenvalue weighted by molar-refractivity contribution is 5.99. The normalized spacial score (nSPS) is 12.1. The summed E-state index contributed by atoms with van der Waals surface area (Å²) < 4.78 is 42.2. The lowest BCUT2D eigenvalue weighted by Gasteiger charge is -2.14. The van der Waals surface area contributed by atoms with Crippen LogP contribution < -0.4 is 16.4 Å². The molecule has 200 valence electrons. The van der Waals surface area contributed by atoms with Crippen molar-refractivity contribution in [2.45, 2.75) is 32.4 Å². The Labute approximate surface area is 220 Å². The van der Waals surface area contributed by atoms with Crippen LogP contribution >= 0.6 is 0 Å². The second-order valence-electron chi connectivity index (χ2n) is 9.79. The van der Waals surface area contributed by atoms with Gasteiger partial charge in [-0.3, -0.25) is 9.88 Å². The Morgan fingerprint density at radius 3 is 2.21 bits per heavy atom. The molecule has 0 spiro atoms. The van der Waals surface area contributed by atoms with Gasteiger partial charge in [0.05, 0.1) is 16.9 Å². The highest BCUT2D eigenvalue weighted by atomic mass is 19.4. The Morgan fingerprint density at radius 2 is 1.56 bits per heavy atom. The standard InChI is InChI=1S/C26H24F3N9O/c1-25(2,3)19-12-20(38(36-19)18-8-4-15(5-9-18)26(27,28)29)35-24(39)34-16-6-10-17(11-7-16)37-14-33-21-22(30)31-13-32-23(21)37/h4-14H,1-3H3,(H2,30,31,32)(H2,34,35,39). The summed E-state index contributed by atoms with van der Waals surface area (Å²) in [5, 5.41) is 10.0. The smallest absolute Gasteiger partial charge is 0.382 e. The third kappa shape index (κ3) is 5.23. The van der Waals surface area contributed by atoms with Crippen molar-refractivity contribution >= 4 is 34.5 Å². The summed E-state index contributed by atoms with van der Waals surface area (Å²) in [5.41, 5.74) is 8.02. The van der Waals surface area contributed by atoms with E-state index in [4.69, 9.17) is 5.73 Å². The summed E-state index contributed by atoms with van der Waals surface area (Å²) in [5.74, 6) is 0.579. The molecule has 0 unspecified atom stereocenters. The van der Waals surface area contributed by atoms with Gasteiger partial charge in [0.2, 0.25) is 0 Å². The van der Waals surface area contributed by atoms with Crippen LogP contribution in [0.25, 0.3) is 22.5 Å². The summed E-state index contributed by atoms with van der Waals surface area (Å²) in [6.07, 6.45) is -1.52. The first-order chi connectivity index (χ1) is 18.4. The molecule has 3 heterocycles. The van der Waals surface area contributed by atoms with Crippen molar-refractivity contribution in [2.24, 2.45) is 0 Å². The molecule has 0 aliphatic carbocycles. The maximum atomic E-state index is 13.0. The molecule has 3 aromatic heterocycles. The summed E-state index contributed by atoms with van der Waals surface area (Å²) in [7, 11) is 0. The van der Waals surface area contributed by atoms with Crippen LogP contribution in [-0.2, 0) is 11.6 Å². The molecule has 0 saturated carbocycles. The Bertz CT molecular complexity index is 1650. The molecule has 2 aromatic carbocycles. The number of amides is 2. The van der Waals surface area contributed by atoms with E-state index < -0.39 is 17.8 Å². The molecular formula is C26H24F3N9O. The first kappa shape index (κ1) is 25.7. The maximum Gasteiger partial charge on any atom is 0.416 e. The number of alkyl halides is 3. The number of nitrogens with one attached hydrogen (secondary N) is 2. The largest absolute Gasteiger partial charge is 0.416 e. The van der Waals surface area contributed by atoms with Crippen LogP contribution in [-0.4, -0.2) is 35.3 Å². The minimum atomic E-state index is -4.46. The van der Waals surface area contributed by atoms with E-state index in [0.717, 1.165) is 17.8 Å². The predicted molar refractivity (Wildman–Crippen MR) is 141 cm³/mol. The van der Waals surface area contributed by atoms with Crippen LogP contribution in [0.1, 0.15) is 32.0 Å². The molecule has 4 N–H and O–H groups in total. The Balaban J connectivity index is 1.36. The van der Waals surface area contributed by atoms with Gasteiger partial charge < -0.3 is 11.1 Å². The number of nitrogen functional groups attached to an aromatic ring is 1. The van der Waals surface area contributed by atoms with E-state index in [1.807, 2.05) is 20.8 Å². The van der Waals surface area contributed by atoms with Crippen LogP contribution in [0.15, 0.2) is 67.3 Å². The highest BCUT2D eigenvalue weighted by Crippen LogP contribution is 2.31. The predicted octanol–water partition coefficient (Wildman–Crippen LogP) is 5.54. The van der Waals surface area contributed by atoms with Gasteiger partial charge in [-0.1, -0.05) is 20.8 Å². The third-order valence-corrected chi connectivity index (χ3v) is 5.92. The molecule has 10 nitrogen and oxygen atoms in total. The third-order valence-electron chi connectivity index (χ3n) is 5.92. The summed E-state index contributed by atoms with van der Waals surface area (Å²) in [6.45, 7) is 5.84. The second kappa shape index (κ2) is 9.42. The maximum absolute atomic E-state index is 13.0. The Kier molecular flexibility index (Phi) is 6.21. The zero-order chi connectivity index (χ0) is 27.9. The van der Waals surface area contributed by atoms with Crippen LogP contribution in [0, 0.1) is 0 Å². The number of nitrogens with zero attached hydrogens (tertiary/aromatic N) is 6. The molecule has 0 bridgehead atoms. The molecule has 0 radical (unpaired) electrons. The number of hydrogen-bond acceptors (Lipinski definition) is 6. The number of nitrogens with two attached hydrogens (primary N) is 1. The Hall–Kier alpha value is -4.94. The molecule has 39 heavy (non-hydrogen) atoms. The van der Waals surface area contributed by atoms with E-state index in [0.29, 0.717) is 34.1 Å². The first-order valence-electron chi connectivity index (χ1n) is 11.8. The lowest BCUT2D eigenvalue weighted by atomic mass is 9.92. The highest BCUT2D eigenvalue weighted by Gasteiger charge is 2.30. The quantitative estimate of drug-likeness (QED) is 0.277. The fourth-order valence-electron chi connectivity index (χ4n) is 3.85. The fraction of sp³-hybridized carbons (Fsp3) is 0.192. The van der Waals surface area contributed by atoms with Gasteiger partial charge in [0, 0.05) is 22.9 Å². The van der Waals surface area contributed by atoms with Gasteiger partial charge in [0.1, 0.15) is 18.5 Å². The number of benzene rings is 2. The summed E-state index contributed by atoms with van der Waals surface area (Å²) in [6, 6.07) is 12.7. The number of halogens is 3. The van der Waals surface area contributed by atoms with Crippen LogP contribution in [0.2, 0.25) is 0 Å². The fourth-order valence-corrected chi connectivity index (χ4v) is 3.85. The number of urea groups is 1. The van der Waals surface area contributed by atoms with E-state index >= 15 is 0 Å². The van der Waals surface area contributed by atoms with E-state index in [1.54, 1.807) is 41.2 Å². The molecular weight excluding hydrogens is 511 g/mol. The summed E-state index contributed by atoms with van der Waals surface area (Å²) in [4.78, 5) is 25.3. The number of hydrogen-bond donors (Lipinski definition) is 3. The van der Waals surface area contributed by atoms with Gasteiger partial charge in [0.15, 0.2) is 17.0 Å². The number of rotatable bonds is 4. The van der Waals surface area contributed by atoms with Crippen molar-refractivity contribution in [3.8, 4) is 11.4 Å². The lowest BCUT2D eigenvalue weighted by Crippen LogP contribution is -2.21. The van der Waals surface area contributed by atoms with E-state index in [1.165, 1.54) is 23.1 Å². The van der Waals surface area contributed by atoms with E-state index in [2.05, 4.69) is 30.7 Å². The Morgan fingerprint density at radius 1 is 0.897 bits per heavy atom. The molecule has 13 heteroatoms. The second-order valence-corrected chi connectivity index (χ2v) is 9.79. The van der Waals surface area contributed by atoms with E-state index in [9.17, 15) is 18.0 Å². The van der Waals surface area contributed by atoms with Gasteiger partial charge in [0.25, 0.3) is 0 Å². The van der Waals surface area contributed by atoms with Gasteiger partial charge in [-0.15, -0.1) is 0 Å².